The van der Waals surface area contributed by atoms with E-state index in [1.165, 1.54) is 4.90 Å². The number of imide groups is 1. The minimum absolute atomic E-state index is 0.0627. The molecule has 112 valence electrons. The fraction of sp³-hybridized carbons (Fsp3) is 0.529. The number of amides is 2. The predicted octanol–water partition coefficient (Wildman–Crippen LogP) is 3.10. The summed E-state index contributed by atoms with van der Waals surface area (Å²) in [5.74, 6) is -0.130. The number of anilines is 2. The minimum Gasteiger partial charge on any atom is -0.398 e. The molecule has 2 amide bonds. The third-order valence-corrected chi connectivity index (χ3v) is 5.11. The Kier molecular flexibility index (Phi) is 3.27. The highest BCUT2D eigenvalue weighted by atomic mass is 16.2. The Hall–Kier alpha value is -1.84. The van der Waals surface area contributed by atoms with Gasteiger partial charge in [0.15, 0.2) is 0 Å². The lowest BCUT2D eigenvalue weighted by molar-refractivity contribution is -0.133. The third-order valence-electron chi connectivity index (χ3n) is 5.11. The number of nitrogens with zero attached hydrogens (tertiary/aromatic N) is 1. The van der Waals surface area contributed by atoms with Gasteiger partial charge in [0.05, 0.1) is 5.69 Å². The van der Waals surface area contributed by atoms with Crippen LogP contribution < -0.4 is 10.6 Å². The van der Waals surface area contributed by atoms with Crippen LogP contribution in [0, 0.1) is 19.3 Å². The van der Waals surface area contributed by atoms with Crippen molar-refractivity contribution in [3.05, 3.63) is 23.3 Å². The van der Waals surface area contributed by atoms with E-state index in [9.17, 15) is 9.59 Å². The lowest BCUT2D eigenvalue weighted by atomic mass is 9.76. The van der Waals surface area contributed by atoms with Crippen molar-refractivity contribution in [2.45, 2.75) is 52.4 Å². The van der Waals surface area contributed by atoms with E-state index in [1.807, 2.05) is 26.0 Å². The summed E-state index contributed by atoms with van der Waals surface area (Å²) in [6.07, 6.45) is 5.27. The fourth-order valence-corrected chi connectivity index (χ4v) is 3.92. The van der Waals surface area contributed by atoms with E-state index in [2.05, 4.69) is 0 Å². The number of nitrogen functional groups attached to an aromatic ring is 1. The molecule has 2 aliphatic rings. The van der Waals surface area contributed by atoms with E-state index in [0.717, 1.165) is 36.8 Å². The zero-order valence-corrected chi connectivity index (χ0v) is 12.7. The largest absolute Gasteiger partial charge is 0.398 e. The molecule has 0 bridgehead atoms. The molecule has 3 rings (SSSR count). The molecular formula is C17H22N2O2. The van der Waals surface area contributed by atoms with Crippen LogP contribution >= 0.6 is 0 Å². The molecule has 1 aromatic rings. The lowest BCUT2D eigenvalue weighted by Crippen LogP contribution is -2.48. The van der Waals surface area contributed by atoms with Crippen molar-refractivity contribution in [2.24, 2.45) is 5.41 Å². The number of nitrogens with two attached hydrogens (primary N) is 1. The van der Waals surface area contributed by atoms with E-state index in [-0.39, 0.29) is 17.2 Å². The molecule has 2 fully saturated rings. The van der Waals surface area contributed by atoms with Crippen molar-refractivity contribution in [3.8, 4) is 0 Å². The maximum atomic E-state index is 12.6. The number of hydrogen-bond acceptors (Lipinski definition) is 3. The van der Waals surface area contributed by atoms with Crippen molar-refractivity contribution >= 4 is 23.2 Å². The molecule has 0 aromatic heterocycles. The Labute approximate surface area is 125 Å². The van der Waals surface area contributed by atoms with E-state index in [1.54, 1.807) is 0 Å². The van der Waals surface area contributed by atoms with Crippen molar-refractivity contribution in [1.29, 1.82) is 0 Å². The van der Waals surface area contributed by atoms with Gasteiger partial charge in [-0.1, -0.05) is 18.9 Å². The number of hydrogen-bond donors (Lipinski definition) is 1. The Morgan fingerprint density at radius 2 is 1.62 bits per heavy atom. The lowest BCUT2D eigenvalue weighted by Gasteiger charge is -2.38. The maximum absolute atomic E-state index is 12.6. The Balaban J connectivity index is 1.99. The molecule has 1 spiro atoms. The minimum atomic E-state index is -0.0649. The van der Waals surface area contributed by atoms with Crippen LogP contribution in [0.4, 0.5) is 11.4 Å². The van der Waals surface area contributed by atoms with Crippen LogP contribution in [0.15, 0.2) is 12.1 Å². The number of aryl methyl sites for hydroxylation is 1. The summed E-state index contributed by atoms with van der Waals surface area (Å²) in [4.78, 5) is 26.7. The first kappa shape index (κ1) is 14.1. The van der Waals surface area contributed by atoms with Crippen LogP contribution in [0.5, 0.6) is 0 Å². The highest BCUT2D eigenvalue weighted by Crippen LogP contribution is 2.48. The molecule has 4 nitrogen and oxygen atoms in total. The molecule has 1 aromatic carbocycles. The predicted molar refractivity (Wildman–Crippen MR) is 83.0 cm³/mol. The van der Waals surface area contributed by atoms with Crippen molar-refractivity contribution in [2.75, 3.05) is 10.6 Å². The molecule has 21 heavy (non-hydrogen) atoms. The Morgan fingerprint density at radius 3 is 2.19 bits per heavy atom. The zero-order valence-electron chi connectivity index (χ0n) is 12.7. The topological polar surface area (TPSA) is 63.4 Å². The molecule has 0 atom stereocenters. The van der Waals surface area contributed by atoms with Gasteiger partial charge < -0.3 is 5.73 Å². The van der Waals surface area contributed by atoms with Gasteiger partial charge in [-0.05, 0) is 49.3 Å². The molecule has 1 aliphatic carbocycles. The van der Waals surface area contributed by atoms with Crippen LogP contribution in [0.3, 0.4) is 0 Å². The van der Waals surface area contributed by atoms with E-state index >= 15 is 0 Å². The Morgan fingerprint density at radius 1 is 1.05 bits per heavy atom. The molecular weight excluding hydrogens is 264 g/mol. The van der Waals surface area contributed by atoms with E-state index in [4.69, 9.17) is 5.73 Å². The van der Waals surface area contributed by atoms with Crippen LogP contribution in [-0.2, 0) is 9.59 Å². The summed E-state index contributed by atoms with van der Waals surface area (Å²) < 4.78 is 0. The van der Waals surface area contributed by atoms with Crippen LogP contribution in [0.1, 0.15) is 49.7 Å². The second-order valence-corrected chi connectivity index (χ2v) is 6.63. The standard InChI is InChI=1S/C17H22N2O2/c1-11-5-6-13(18)12(2)16(11)19-14(20)9-17(10-15(19)21)7-3-4-8-17/h5-6H,3-4,7-10,18H2,1-2H3. The van der Waals surface area contributed by atoms with Crippen molar-refractivity contribution in [3.63, 3.8) is 0 Å². The van der Waals surface area contributed by atoms with Gasteiger partial charge in [0.2, 0.25) is 11.8 Å². The highest BCUT2D eigenvalue weighted by molar-refractivity contribution is 6.18. The molecule has 1 heterocycles. The first-order valence-electron chi connectivity index (χ1n) is 7.65. The number of carbonyl (C=O) groups is 2. The van der Waals surface area contributed by atoms with Gasteiger partial charge in [-0.15, -0.1) is 0 Å². The second-order valence-electron chi connectivity index (χ2n) is 6.63. The first-order valence-corrected chi connectivity index (χ1v) is 7.65. The maximum Gasteiger partial charge on any atom is 0.234 e. The van der Waals surface area contributed by atoms with Crippen LogP contribution in [0.25, 0.3) is 0 Å². The summed E-state index contributed by atoms with van der Waals surface area (Å²) in [5.41, 5.74) is 8.95. The second kappa shape index (κ2) is 4.86. The smallest absolute Gasteiger partial charge is 0.234 e. The number of piperidine rings is 1. The SMILES string of the molecule is Cc1ccc(N)c(C)c1N1C(=O)CC2(CCCC2)CC1=O. The van der Waals surface area contributed by atoms with Crippen LogP contribution in [0.2, 0.25) is 0 Å². The van der Waals surface area contributed by atoms with Gasteiger partial charge in [-0.2, -0.15) is 0 Å². The average Bonchev–Trinajstić information content (AvgIpc) is 2.85. The number of rotatable bonds is 1. The summed E-state index contributed by atoms with van der Waals surface area (Å²) in [6.45, 7) is 3.79. The third kappa shape index (κ3) is 2.23. The summed E-state index contributed by atoms with van der Waals surface area (Å²) >= 11 is 0. The summed E-state index contributed by atoms with van der Waals surface area (Å²) in [7, 11) is 0. The van der Waals surface area contributed by atoms with E-state index < -0.39 is 0 Å². The Bertz CT molecular complexity index is 595. The molecule has 0 unspecified atom stereocenters. The monoisotopic (exact) mass is 286 g/mol. The summed E-state index contributed by atoms with van der Waals surface area (Å²) in [6, 6.07) is 3.70. The normalized spacial score (nSPS) is 21.3. The average molecular weight is 286 g/mol. The van der Waals surface area contributed by atoms with Crippen molar-refractivity contribution in [1.82, 2.24) is 0 Å². The molecule has 2 N–H and O–H groups in total. The van der Waals surface area contributed by atoms with E-state index in [0.29, 0.717) is 24.2 Å². The fourth-order valence-electron chi connectivity index (χ4n) is 3.92. The van der Waals surface area contributed by atoms with Gasteiger partial charge in [-0.3, -0.25) is 9.59 Å². The summed E-state index contributed by atoms with van der Waals surface area (Å²) in [5, 5.41) is 0. The molecule has 1 aliphatic heterocycles. The quantitative estimate of drug-likeness (QED) is 0.637. The van der Waals surface area contributed by atoms with Gasteiger partial charge >= 0.3 is 0 Å². The molecule has 4 heteroatoms. The van der Waals surface area contributed by atoms with Gasteiger partial charge in [-0.25, -0.2) is 4.90 Å². The number of carbonyl (C=O) groups excluding carboxylic acids is 2. The van der Waals surface area contributed by atoms with Crippen molar-refractivity contribution < 1.29 is 9.59 Å². The zero-order chi connectivity index (χ0) is 15.2. The molecule has 1 saturated carbocycles. The molecule has 1 saturated heterocycles. The highest BCUT2D eigenvalue weighted by Gasteiger charge is 2.46. The first-order chi connectivity index (χ1) is 9.93. The van der Waals surface area contributed by atoms with Crippen LogP contribution in [-0.4, -0.2) is 11.8 Å². The number of benzene rings is 1. The van der Waals surface area contributed by atoms with Gasteiger partial charge in [0.1, 0.15) is 0 Å². The van der Waals surface area contributed by atoms with Gasteiger partial charge in [0, 0.05) is 18.5 Å². The van der Waals surface area contributed by atoms with Gasteiger partial charge in [0.25, 0.3) is 0 Å². The molecule has 0 radical (unpaired) electrons.